The van der Waals surface area contributed by atoms with Gasteiger partial charge in [0.1, 0.15) is 17.5 Å². The standard InChI is InChI=1S/C12H20N2O2/c1-8-5-4-6-12(7-8,16-3)11-13-9(2)10(15)14-11/h8-9H,4-7H2,1-3H3,(H,13,14,15). The number of hydrogen-bond acceptors (Lipinski definition) is 3. The summed E-state index contributed by atoms with van der Waals surface area (Å²) in [6, 6.07) is -0.265. The van der Waals surface area contributed by atoms with E-state index in [0.29, 0.717) is 5.92 Å². The summed E-state index contributed by atoms with van der Waals surface area (Å²) >= 11 is 0. The third-order valence-electron chi connectivity index (χ3n) is 3.72. The first kappa shape index (κ1) is 11.6. The van der Waals surface area contributed by atoms with E-state index in [1.165, 1.54) is 6.42 Å². The lowest BCUT2D eigenvalue weighted by Crippen LogP contribution is -2.50. The first-order chi connectivity index (χ1) is 7.57. The Bertz CT molecular complexity index is 327. The van der Waals surface area contributed by atoms with Crippen molar-refractivity contribution in [2.75, 3.05) is 7.11 Å². The van der Waals surface area contributed by atoms with Crippen molar-refractivity contribution in [2.24, 2.45) is 10.9 Å². The van der Waals surface area contributed by atoms with Crippen LogP contribution in [0, 0.1) is 5.92 Å². The summed E-state index contributed by atoms with van der Waals surface area (Å²) in [6.07, 6.45) is 4.29. The number of nitrogens with one attached hydrogen (secondary N) is 1. The number of carbonyl (C=O) groups is 1. The summed E-state index contributed by atoms with van der Waals surface area (Å²) in [5, 5.41) is 2.87. The van der Waals surface area contributed by atoms with Crippen LogP contribution in [-0.4, -0.2) is 30.5 Å². The Morgan fingerprint density at radius 3 is 2.75 bits per heavy atom. The maximum atomic E-state index is 11.5. The molecule has 16 heavy (non-hydrogen) atoms. The van der Waals surface area contributed by atoms with E-state index < -0.39 is 0 Å². The lowest BCUT2D eigenvalue weighted by atomic mass is 9.78. The zero-order valence-corrected chi connectivity index (χ0v) is 10.2. The number of ether oxygens (including phenoxy) is 1. The lowest BCUT2D eigenvalue weighted by molar-refractivity contribution is -0.119. The number of methoxy groups -OCH3 is 1. The smallest absolute Gasteiger partial charge is 0.249 e. The predicted octanol–water partition coefficient (Wildman–Crippen LogP) is 1.50. The molecule has 3 unspecified atom stereocenters. The molecule has 4 heteroatoms. The average Bonchev–Trinajstić information content (AvgIpc) is 2.59. The van der Waals surface area contributed by atoms with E-state index >= 15 is 0 Å². The summed E-state index contributed by atoms with van der Waals surface area (Å²) in [5.74, 6) is 1.37. The van der Waals surface area contributed by atoms with E-state index in [0.717, 1.165) is 25.1 Å². The van der Waals surface area contributed by atoms with Crippen molar-refractivity contribution in [1.29, 1.82) is 0 Å². The molecule has 0 aromatic heterocycles. The highest BCUT2D eigenvalue weighted by atomic mass is 16.5. The van der Waals surface area contributed by atoms with Gasteiger partial charge in [0.15, 0.2) is 0 Å². The summed E-state index contributed by atoms with van der Waals surface area (Å²) in [4.78, 5) is 15.9. The largest absolute Gasteiger partial charge is 0.370 e. The number of carbonyl (C=O) groups excluding carboxylic acids is 1. The minimum atomic E-state index is -0.349. The highest BCUT2D eigenvalue weighted by Crippen LogP contribution is 2.36. The molecule has 1 aliphatic carbocycles. The van der Waals surface area contributed by atoms with Crippen LogP contribution in [0.15, 0.2) is 4.99 Å². The number of aliphatic imine (C=N–C) groups is 1. The monoisotopic (exact) mass is 224 g/mol. The molecule has 1 heterocycles. The minimum absolute atomic E-state index is 0.00958. The topological polar surface area (TPSA) is 50.7 Å². The number of amides is 1. The molecule has 0 saturated heterocycles. The van der Waals surface area contributed by atoms with E-state index in [2.05, 4.69) is 17.2 Å². The number of amidine groups is 1. The molecule has 1 aliphatic heterocycles. The molecule has 1 N–H and O–H groups in total. The van der Waals surface area contributed by atoms with E-state index in [1.54, 1.807) is 7.11 Å². The van der Waals surface area contributed by atoms with Crippen LogP contribution < -0.4 is 5.32 Å². The molecular weight excluding hydrogens is 204 g/mol. The van der Waals surface area contributed by atoms with Crippen LogP contribution in [0.25, 0.3) is 0 Å². The second-order valence-electron chi connectivity index (χ2n) is 5.04. The molecule has 0 aromatic rings. The van der Waals surface area contributed by atoms with Crippen molar-refractivity contribution >= 4 is 11.7 Å². The van der Waals surface area contributed by atoms with Gasteiger partial charge in [-0.25, -0.2) is 0 Å². The fourth-order valence-electron chi connectivity index (χ4n) is 2.74. The number of nitrogens with zero attached hydrogens (tertiary/aromatic N) is 1. The second-order valence-corrected chi connectivity index (χ2v) is 5.04. The summed E-state index contributed by atoms with van der Waals surface area (Å²) in [5.41, 5.74) is -0.349. The van der Waals surface area contributed by atoms with Crippen molar-refractivity contribution < 1.29 is 9.53 Å². The fraction of sp³-hybridized carbons (Fsp3) is 0.833. The molecule has 3 atom stereocenters. The van der Waals surface area contributed by atoms with Crippen molar-refractivity contribution in [2.45, 2.75) is 51.2 Å². The third-order valence-corrected chi connectivity index (χ3v) is 3.72. The Labute approximate surface area is 96.5 Å². The van der Waals surface area contributed by atoms with Crippen LogP contribution in [0.3, 0.4) is 0 Å². The van der Waals surface area contributed by atoms with E-state index in [-0.39, 0.29) is 17.6 Å². The molecule has 0 aromatic carbocycles. The first-order valence-electron chi connectivity index (χ1n) is 6.02. The minimum Gasteiger partial charge on any atom is -0.370 e. The van der Waals surface area contributed by atoms with Gasteiger partial charge in [-0.2, -0.15) is 0 Å². The second kappa shape index (κ2) is 4.17. The van der Waals surface area contributed by atoms with Gasteiger partial charge >= 0.3 is 0 Å². The van der Waals surface area contributed by atoms with E-state index in [9.17, 15) is 4.79 Å². The van der Waals surface area contributed by atoms with Gasteiger partial charge < -0.3 is 10.1 Å². The first-order valence-corrected chi connectivity index (χ1v) is 6.02. The molecule has 2 rings (SSSR count). The molecule has 4 nitrogen and oxygen atoms in total. The van der Waals surface area contributed by atoms with Gasteiger partial charge in [0, 0.05) is 7.11 Å². The van der Waals surface area contributed by atoms with Gasteiger partial charge in [0.05, 0.1) is 0 Å². The quantitative estimate of drug-likeness (QED) is 0.772. The van der Waals surface area contributed by atoms with Crippen molar-refractivity contribution in [3.63, 3.8) is 0 Å². The SMILES string of the molecule is COC1(C2=NC(C)C(=O)N2)CCCC(C)C1. The summed E-state index contributed by atoms with van der Waals surface area (Å²) in [7, 11) is 1.72. The van der Waals surface area contributed by atoms with E-state index in [4.69, 9.17) is 4.74 Å². The van der Waals surface area contributed by atoms with Crippen LogP contribution in [0.2, 0.25) is 0 Å². The van der Waals surface area contributed by atoms with Crippen LogP contribution in [0.5, 0.6) is 0 Å². The van der Waals surface area contributed by atoms with Gasteiger partial charge in [-0.15, -0.1) is 0 Å². The van der Waals surface area contributed by atoms with Gasteiger partial charge in [0.25, 0.3) is 0 Å². The van der Waals surface area contributed by atoms with Gasteiger partial charge in [0.2, 0.25) is 5.91 Å². The highest BCUT2D eigenvalue weighted by molar-refractivity contribution is 6.09. The fourth-order valence-corrected chi connectivity index (χ4v) is 2.74. The van der Waals surface area contributed by atoms with E-state index in [1.807, 2.05) is 6.92 Å². The van der Waals surface area contributed by atoms with Crippen LogP contribution >= 0.6 is 0 Å². The molecule has 0 radical (unpaired) electrons. The molecule has 1 fully saturated rings. The highest BCUT2D eigenvalue weighted by Gasteiger charge is 2.43. The van der Waals surface area contributed by atoms with Gasteiger partial charge in [-0.1, -0.05) is 13.3 Å². The van der Waals surface area contributed by atoms with Crippen molar-refractivity contribution in [3.05, 3.63) is 0 Å². The number of rotatable bonds is 2. The Balaban J connectivity index is 2.21. The van der Waals surface area contributed by atoms with Gasteiger partial charge in [-0.3, -0.25) is 9.79 Å². The maximum Gasteiger partial charge on any atom is 0.249 e. The summed E-state index contributed by atoms with van der Waals surface area (Å²) in [6.45, 7) is 4.05. The Morgan fingerprint density at radius 2 is 2.25 bits per heavy atom. The maximum absolute atomic E-state index is 11.5. The predicted molar refractivity (Wildman–Crippen MR) is 62.4 cm³/mol. The molecule has 0 spiro atoms. The van der Waals surface area contributed by atoms with Crippen LogP contribution in [0.4, 0.5) is 0 Å². The van der Waals surface area contributed by atoms with Gasteiger partial charge in [-0.05, 0) is 32.1 Å². The van der Waals surface area contributed by atoms with Crippen molar-refractivity contribution in [1.82, 2.24) is 5.32 Å². The molecular formula is C12H20N2O2. The third kappa shape index (κ3) is 1.86. The number of hydrogen-bond donors (Lipinski definition) is 1. The Hall–Kier alpha value is -0.900. The Morgan fingerprint density at radius 1 is 1.50 bits per heavy atom. The molecule has 0 bridgehead atoms. The normalized spacial score (nSPS) is 39.4. The zero-order chi connectivity index (χ0) is 11.8. The molecule has 90 valence electrons. The Kier molecular flexibility index (Phi) is 3.02. The van der Waals surface area contributed by atoms with Crippen LogP contribution in [0.1, 0.15) is 39.5 Å². The molecule has 1 saturated carbocycles. The zero-order valence-electron chi connectivity index (χ0n) is 10.2. The van der Waals surface area contributed by atoms with Crippen LogP contribution in [-0.2, 0) is 9.53 Å². The molecule has 2 aliphatic rings. The van der Waals surface area contributed by atoms with Crippen molar-refractivity contribution in [3.8, 4) is 0 Å². The summed E-state index contributed by atoms with van der Waals surface area (Å²) < 4.78 is 5.68. The molecule has 1 amide bonds. The average molecular weight is 224 g/mol. The lowest BCUT2D eigenvalue weighted by Gasteiger charge is -2.38.